The predicted molar refractivity (Wildman–Crippen MR) is 79.8 cm³/mol. The lowest BCUT2D eigenvalue weighted by atomic mass is 9.97. The van der Waals surface area contributed by atoms with Crippen LogP contribution in [-0.2, 0) is 4.79 Å². The highest BCUT2D eigenvalue weighted by molar-refractivity contribution is 5.95. The Labute approximate surface area is 119 Å². The summed E-state index contributed by atoms with van der Waals surface area (Å²) in [5, 5.41) is 5.65. The Morgan fingerprint density at radius 2 is 1.90 bits per heavy atom. The van der Waals surface area contributed by atoms with Crippen molar-refractivity contribution in [1.29, 1.82) is 0 Å². The molecule has 108 valence electrons. The molecule has 0 aromatic heterocycles. The lowest BCUT2D eigenvalue weighted by Crippen LogP contribution is -2.27. The van der Waals surface area contributed by atoms with Gasteiger partial charge in [-0.25, -0.2) is 4.79 Å². The fourth-order valence-electron chi connectivity index (χ4n) is 2.00. The SMILES string of the molecule is CC(C)C(C)C(=O)Nc1ccc(N2CCNC2=O)cc1. The Morgan fingerprint density at radius 1 is 1.25 bits per heavy atom. The highest BCUT2D eigenvalue weighted by atomic mass is 16.2. The van der Waals surface area contributed by atoms with Crippen molar-refractivity contribution in [3.05, 3.63) is 24.3 Å². The second kappa shape index (κ2) is 5.94. The fourth-order valence-corrected chi connectivity index (χ4v) is 2.00. The minimum Gasteiger partial charge on any atom is -0.336 e. The maximum absolute atomic E-state index is 12.0. The summed E-state index contributed by atoms with van der Waals surface area (Å²) in [6, 6.07) is 7.27. The van der Waals surface area contributed by atoms with Gasteiger partial charge in [-0.15, -0.1) is 0 Å². The summed E-state index contributed by atoms with van der Waals surface area (Å²) >= 11 is 0. The Hall–Kier alpha value is -2.04. The van der Waals surface area contributed by atoms with Crippen molar-refractivity contribution in [2.45, 2.75) is 20.8 Å². The van der Waals surface area contributed by atoms with E-state index in [0.717, 1.165) is 11.4 Å². The zero-order valence-corrected chi connectivity index (χ0v) is 12.1. The number of benzene rings is 1. The van der Waals surface area contributed by atoms with E-state index >= 15 is 0 Å². The number of rotatable bonds is 4. The summed E-state index contributed by atoms with van der Waals surface area (Å²) in [7, 11) is 0. The largest absolute Gasteiger partial charge is 0.336 e. The third kappa shape index (κ3) is 3.10. The van der Waals surface area contributed by atoms with Gasteiger partial charge in [-0.1, -0.05) is 20.8 Å². The quantitative estimate of drug-likeness (QED) is 0.886. The molecule has 0 aliphatic carbocycles. The Morgan fingerprint density at radius 3 is 2.40 bits per heavy atom. The molecule has 5 nitrogen and oxygen atoms in total. The van der Waals surface area contributed by atoms with Crippen molar-refractivity contribution in [1.82, 2.24) is 5.32 Å². The zero-order valence-electron chi connectivity index (χ0n) is 12.1. The van der Waals surface area contributed by atoms with Crippen molar-refractivity contribution in [3.63, 3.8) is 0 Å². The van der Waals surface area contributed by atoms with Gasteiger partial charge in [0.1, 0.15) is 0 Å². The van der Waals surface area contributed by atoms with Gasteiger partial charge in [-0.05, 0) is 30.2 Å². The number of hydrogen-bond donors (Lipinski definition) is 2. The summed E-state index contributed by atoms with van der Waals surface area (Å²) in [4.78, 5) is 25.2. The van der Waals surface area contributed by atoms with E-state index < -0.39 is 0 Å². The van der Waals surface area contributed by atoms with Gasteiger partial charge in [-0.3, -0.25) is 9.69 Å². The number of carbonyl (C=O) groups is 2. The number of nitrogens with zero attached hydrogens (tertiary/aromatic N) is 1. The van der Waals surface area contributed by atoms with Gasteiger partial charge in [0, 0.05) is 30.4 Å². The van der Waals surface area contributed by atoms with Crippen LogP contribution in [-0.4, -0.2) is 25.0 Å². The maximum atomic E-state index is 12.0. The molecule has 1 aromatic rings. The topological polar surface area (TPSA) is 61.4 Å². The van der Waals surface area contributed by atoms with Crippen LogP contribution >= 0.6 is 0 Å². The summed E-state index contributed by atoms with van der Waals surface area (Å²) in [5.41, 5.74) is 1.60. The normalized spacial score (nSPS) is 16.2. The van der Waals surface area contributed by atoms with Crippen molar-refractivity contribution in [3.8, 4) is 0 Å². The van der Waals surface area contributed by atoms with Gasteiger partial charge in [0.2, 0.25) is 5.91 Å². The van der Waals surface area contributed by atoms with Crippen LogP contribution in [0, 0.1) is 11.8 Å². The molecule has 0 radical (unpaired) electrons. The number of hydrogen-bond acceptors (Lipinski definition) is 2. The summed E-state index contributed by atoms with van der Waals surface area (Å²) in [6.45, 7) is 7.32. The van der Waals surface area contributed by atoms with Crippen LogP contribution in [0.4, 0.5) is 16.2 Å². The van der Waals surface area contributed by atoms with Gasteiger partial charge in [-0.2, -0.15) is 0 Å². The second-order valence-electron chi connectivity index (χ2n) is 5.45. The molecule has 1 saturated heterocycles. The molecule has 0 saturated carbocycles. The minimum absolute atomic E-state index is 0.0201. The lowest BCUT2D eigenvalue weighted by molar-refractivity contribution is -0.120. The lowest BCUT2D eigenvalue weighted by Gasteiger charge is -2.17. The number of urea groups is 1. The van der Waals surface area contributed by atoms with Crippen LogP contribution < -0.4 is 15.5 Å². The molecule has 1 aromatic carbocycles. The molecular formula is C15H21N3O2. The first-order valence-electron chi connectivity index (χ1n) is 6.95. The summed E-state index contributed by atoms with van der Waals surface area (Å²) < 4.78 is 0. The van der Waals surface area contributed by atoms with E-state index in [-0.39, 0.29) is 17.9 Å². The number of anilines is 2. The monoisotopic (exact) mass is 275 g/mol. The van der Waals surface area contributed by atoms with E-state index in [2.05, 4.69) is 10.6 Å². The van der Waals surface area contributed by atoms with Crippen molar-refractivity contribution < 1.29 is 9.59 Å². The van der Waals surface area contributed by atoms with Crippen LogP contribution in [0.25, 0.3) is 0 Å². The minimum atomic E-state index is -0.0739. The Kier molecular flexibility index (Phi) is 4.27. The number of carbonyl (C=O) groups excluding carboxylic acids is 2. The van der Waals surface area contributed by atoms with Crippen LogP contribution in [0.2, 0.25) is 0 Å². The molecule has 0 bridgehead atoms. The second-order valence-corrected chi connectivity index (χ2v) is 5.45. The van der Waals surface area contributed by atoms with Gasteiger partial charge >= 0.3 is 6.03 Å². The van der Waals surface area contributed by atoms with Crippen LogP contribution in [0.15, 0.2) is 24.3 Å². The Balaban J connectivity index is 2.01. The van der Waals surface area contributed by atoms with E-state index in [1.54, 1.807) is 4.90 Å². The number of nitrogens with one attached hydrogen (secondary N) is 2. The maximum Gasteiger partial charge on any atom is 0.321 e. The third-order valence-corrected chi connectivity index (χ3v) is 3.72. The van der Waals surface area contributed by atoms with Crippen molar-refractivity contribution in [2.75, 3.05) is 23.3 Å². The van der Waals surface area contributed by atoms with E-state index in [0.29, 0.717) is 19.0 Å². The molecule has 0 spiro atoms. The van der Waals surface area contributed by atoms with Crippen LogP contribution in [0.5, 0.6) is 0 Å². The average Bonchev–Trinajstić information content (AvgIpc) is 2.85. The highest BCUT2D eigenvalue weighted by Crippen LogP contribution is 2.20. The van der Waals surface area contributed by atoms with E-state index in [9.17, 15) is 9.59 Å². The molecule has 2 N–H and O–H groups in total. The summed E-state index contributed by atoms with van der Waals surface area (Å²) in [5.74, 6) is 0.299. The molecule has 1 heterocycles. The standard InChI is InChI=1S/C15H21N3O2/c1-10(2)11(3)14(19)17-12-4-6-13(7-5-12)18-9-8-16-15(18)20/h4-7,10-11H,8-9H2,1-3H3,(H,16,20)(H,17,19). The highest BCUT2D eigenvalue weighted by Gasteiger charge is 2.21. The first kappa shape index (κ1) is 14.4. The molecule has 1 atom stereocenters. The number of amides is 3. The molecular weight excluding hydrogens is 254 g/mol. The average molecular weight is 275 g/mol. The van der Waals surface area contributed by atoms with Crippen molar-refractivity contribution >= 4 is 23.3 Å². The molecule has 1 aliphatic heterocycles. The molecule has 1 aliphatic rings. The van der Waals surface area contributed by atoms with Gasteiger partial charge < -0.3 is 10.6 Å². The molecule has 20 heavy (non-hydrogen) atoms. The van der Waals surface area contributed by atoms with E-state index in [1.165, 1.54) is 0 Å². The zero-order chi connectivity index (χ0) is 14.7. The summed E-state index contributed by atoms with van der Waals surface area (Å²) in [6.07, 6.45) is 0. The fraction of sp³-hybridized carbons (Fsp3) is 0.467. The third-order valence-electron chi connectivity index (χ3n) is 3.72. The molecule has 1 unspecified atom stereocenters. The van der Waals surface area contributed by atoms with Crippen molar-refractivity contribution in [2.24, 2.45) is 11.8 Å². The first-order chi connectivity index (χ1) is 9.49. The Bertz CT molecular complexity index is 496. The van der Waals surface area contributed by atoms with Gasteiger partial charge in [0.25, 0.3) is 0 Å². The van der Waals surface area contributed by atoms with Crippen LogP contribution in [0.3, 0.4) is 0 Å². The molecule has 2 rings (SSSR count). The molecule has 1 fully saturated rings. The predicted octanol–water partition coefficient (Wildman–Crippen LogP) is 2.45. The smallest absolute Gasteiger partial charge is 0.321 e. The molecule has 3 amide bonds. The first-order valence-corrected chi connectivity index (χ1v) is 6.95. The van der Waals surface area contributed by atoms with Gasteiger partial charge in [0.05, 0.1) is 0 Å². The van der Waals surface area contributed by atoms with Gasteiger partial charge in [0.15, 0.2) is 0 Å². The molecule has 5 heteroatoms. The van der Waals surface area contributed by atoms with E-state index in [4.69, 9.17) is 0 Å². The van der Waals surface area contributed by atoms with E-state index in [1.807, 2.05) is 45.0 Å². The van der Waals surface area contributed by atoms with Crippen LogP contribution in [0.1, 0.15) is 20.8 Å².